The SMILES string of the molecule is CCOC(=O)c1coc(-n2cc(C)c(N)n2)n1. The van der Waals surface area contributed by atoms with Gasteiger partial charge in [0.25, 0.3) is 0 Å². The highest BCUT2D eigenvalue weighted by molar-refractivity contribution is 5.86. The quantitative estimate of drug-likeness (QED) is 0.796. The predicted molar refractivity (Wildman–Crippen MR) is 58.7 cm³/mol. The molecule has 7 nitrogen and oxygen atoms in total. The molecule has 0 saturated heterocycles. The van der Waals surface area contributed by atoms with Crippen LogP contribution in [-0.2, 0) is 4.74 Å². The Morgan fingerprint density at radius 2 is 2.41 bits per heavy atom. The van der Waals surface area contributed by atoms with E-state index in [0.29, 0.717) is 5.82 Å². The van der Waals surface area contributed by atoms with E-state index in [4.69, 9.17) is 14.9 Å². The number of hydrogen-bond acceptors (Lipinski definition) is 6. The lowest BCUT2D eigenvalue weighted by Crippen LogP contribution is -2.05. The molecule has 0 aliphatic heterocycles. The minimum atomic E-state index is -0.528. The van der Waals surface area contributed by atoms with Gasteiger partial charge in [-0.3, -0.25) is 0 Å². The predicted octanol–water partition coefficient (Wildman–Crippen LogP) is 0.928. The van der Waals surface area contributed by atoms with Crippen LogP contribution in [0.15, 0.2) is 16.9 Å². The van der Waals surface area contributed by atoms with Gasteiger partial charge in [-0.15, -0.1) is 5.10 Å². The smallest absolute Gasteiger partial charge is 0.360 e. The van der Waals surface area contributed by atoms with Crippen LogP contribution in [0.2, 0.25) is 0 Å². The Labute approximate surface area is 97.2 Å². The highest BCUT2D eigenvalue weighted by atomic mass is 16.5. The van der Waals surface area contributed by atoms with E-state index in [1.54, 1.807) is 13.1 Å². The molecular weight excluding hydrogens is 224 g/mol. The maximum absolute atomic E-state index is 11.4. The molecule has 0 atom stereocenters. The second kappa shape index (κ2) is 4.28. The molecule has 0 bridgehead atoms. The van der Waals surface area contributed by atoms with Crippen LogP contribution in [0.4, 0.5) is 5.82 Å². The van der Waals surface area contributed by atoms with Gasteiger partial charge in [-0.05, 0) is 13.8 Å². The summed E-state index contributed by atoms with van der Waals surface area (Å²) < 4.78 is 11.3. The van der Waals surface area contributed by atoms with Crippen molar-refractivity contribution in [2.24, 2.45) is 0 Å². The number of esters is 1. The van der Waals surface area contributed by atoms with Crippen molar-refractivity contribution in [1.29, 1.82) is 0 Å². The molecule has 7 heteroatoms. The van der Waals surface area contributed by atoms with Gasteiger partial charge in [0.1, 0.15) is 12.1 Å². The molecule has 2 heterocycles. The van der Waals surface area contributed by atoms with Crippen LogP contribution in [0.25, 0.3) is 6.01 Å². The van der Waals surface area contributed by atoms with Gasteiger partial charge >= 0.3 is 12.0 Å². The van der Waals surface area contributed by atoms with E-state index in [1.165, 1.54) is 10.9 Å². The first kappa shape index (κ1) is 11.2. The highest BCUT2D eigenvalue weighted by Crippen LogP contribution is 2.13. The van der Waals surface area contributed by atoms with Gasteiger partial charge < -0.3 is 14.9 Å². The molecule has 2 rings (SSSR count). The number of oxazole rings is 1. The Kier molecular flexibility index (Phi) is 2.82. The molecule has 0 aliphatic rings. The summed E-state index contributed by atoms with van der Waals surface area (Å²) >= 11 is 0. The van der Waals surface area contributed by atoms with Crippen LogP contribution >= 0.6 is 0 Å². The first-order valence-electron chi connectivity index (χ1n) is 5.06. The van der Waals surface area contributed by atoms with E-state index in [-0.39, 0.29) is 18.3 Å². The van der Waals surface area contributed by atoms with Crippen molar-refractivity contribution in [2.45, 2.75) is 13.8 Å². The molecule has 0 aliphatic carbocycles. The van der Waals surface area contributed by atoms with E-state index < -0.39 is 5.97 Å². The third kappa shape index (κ3) is 2.12. The zero-order valence-electron chi connectivity index (χ0n) is 9.51. The van der Waals surface area contributed by atoms with Crippen LogP contribution < -0.4 is 5.73 Å². The first-order valence-corrected chi connectivity index (χ1v) is 5.06. The van der Waals surface area contributed by atoms with E-state index >= 15 is 0 Å². The molecule has 2 aromatic rings. The first-order chi connectivity index (χ1) is 8.11. The van der Waals surface area contributed by atoms with Crippen LogP contribution in [0.1, 0.15) is 23.0 Å². The van der Waals surface area contributed by atoms with Gasteiger partial charge in [-0.25, -0.2) is 4.79 Å². The van der Waals surface area contributed by atoms with Gasteiger partial charge in [0, 0.05) is 11.8 Å². The molecule has 0 fully saturated rings. The van der Waals surface area contributed by atoms with Crippen molar-refractivity contribution in [3.05, 3.63) is 23.7 Å². The average molecular weight is 236 g/mol. The second-order valence-corrected chi connectivity index (χ2v) is 3.38. The topological polar surface area (TPSA) is 96.2 Å². The zero-order chi connectivity index (χ0) is 12.4. The maximum atomic E-state index is 11.4. The van der Waals surface area contributed by atoms with Gasteiger partial charge in [0.05, 0.1) is 6.61 Å². The highest BCUT2D eigenvalue weighted by Gasteiger charge is 2.15. The number of rotatable bonds is 3. The summed E-state index contributed by atoms with van der Waals surface area (Å²) in [4.78, 5) is 15.3. The number of carbonyl (C=O) groups is 1. The summed E-state index contributed by atoms with van der Waals surface area (Å²) in [5.74, 6) is -0.139. The molecule has 0 radical (unpaired) electrons. The molecule has 0 spiro atoms. The number of nitrogens with two attached hydrogens (primary N) is 1. The second-order valence-electron chi connectivity index (χ2n) is 3.38. The number of hydrogen-bond donors (Lipinski definition) is 1. The van der Waals surface area contributed by atoms with E-state index in [0.717, 1.165) is 5.56 Å². The number of aryl methyl sites for hydroxylation is 1. The van der Waals surface area contributed by atoms with Crippen LogP contribution in [0, 0.1) is 6.92 Å². The van der Waals surface area contributed by atoms with Gasteiger partial charge in [0.15, 0.2) is 5.69 Å². The number of anilines is 1. The third-order valence-electron chi connectivity index (χ3n) is 2.11. The van der Waals surface area contributed by atoms with Crippen molar-refractivity contribution in [3.8, 4) is 6.01 Å². The molecule has 2 N–H and O–H groups in total. The Morgan fingerprint density at radius 3 is 3.00 bits per heavy atom. The lowest BCUT2D eigenvalue weighted by Gasteiger charge is -1.95. The van der Waals surface area contributed by atoms with Crippen molar-refractivity contribution >= 4 is 11.8 Å². The van der Waals surface area contributed by atoms with Gasteiger partial charge in [-0.2, -0.15) is 9.67 Å². The Morgan fingerprint density at radius 1 is 1.65 bits per heavy atom. The summed E-state index contributed by atoms with van der Waals surface area (Å²) in [6.07, 6.45) is 2.89. The Hall–Kier alpha value is -2.31. The minimum Gasteiger partial charge on any atom is -0.461 e. The fourth-order valence-electron chi connectivity index (χ4n) is 1.24. The maximum Gasteiger partial charge on any atom is 0.360 e. The number of nitrogen functional groups attached to an aromatic ring is 1. The van der Waals surface area contributed by atoms with E-state index in [1.807, 2.05) is 6.92 Å². The number of carbonyl (C=O) groups excluding carboxylic acids is 1. The molecule has 0 unspecified atom stereocenters. The van der Waals surface area contributed by atoms with E-state index in [9.17, 15) is 4.79 Å². The van der Waals surface area contributed by atoms with Crippen molar-refractivity contribution in [3.63, 3.8) is 0 Å². The van der Waals surface area contributed by atoms with Crippen LogP contribution in [0.5, 0.6) is 0 Å². The summed E-state index contributed by atoms with van der Waals surface area (Å²) in [6, 6.07) is 0.174. The molecule has 0 saturated carbocycles. The average Bonchev–Trinajstić information content (AvgIpc) is 2.87. The zero-order valence-corrected chi connectivity index (χ0v) is 9.51. The van der Waals surface area contributed by atoms with E-state index in [2.05, 4.69) is 10.1 Å². The standard InChI is InChI=1S/C10H12N4O3/c1-3-16-9(15)7-5-17-10(12-7)14-4-6(2)8(11)13-14/h4-5H,3H2,1-2H3,(H2,11,13). The summed E-state index contributed by atoms with van der Waals surface area (Å²) in [5, 5.41) is 3.99. The number of aromatic nitrogens is 3. The summed E-state index contributed by atoms with van der Waals surface area (Å²) in [7, 11) is 0. The third-order valence-corrected chi connectivity index (χ3v) is 2.11. The molecule has 2 aromatic heterocycles. The normalized spacial score (nSPS) is 10.5. The number of nitrogens with zero attached hydrogens (tertiary/aromatic N) is 3. The van der Waals surface area contributed by atoms with Crippen LogP contribution in [0.3, 0.4) is 0 Å². The summed E-state index contributed by atoms with van der Waals surface area (Å²) in [6.45, 7) is 3.82. The number of ether oxygens (including phenoxy) is 1. The van der Waals surface area contributed by atoms with Gasteiger partial charge in [-0.1, -0.05) is 0 Å². The molecule has 0 amide bonds. The fourth-order valence-corrected chi connectivity index (χ4v) is 1.24. The molecule has 17 heavy (non-hydrogen) atoms. The largest absolute Gasteiger partial charge is 0.461 e. The Bertz CT molecular complexity index is 524. The van der Waals surface area contributed by atoms with Crippen molar-refractivity contribution in [1.82, 2.24) is 14.8 Å². The monoisotopic (exact) mass is 236 g/mol. The van der Waals surface area contributed by atoms with Gasteiger partial charge in [0.2, 0.25) is 0 Å². The van der Waals surface area contributed by atoms with Crippen LogP contribution in [-0.4, -0.2) is 27.3 Å². The fraction of sp³-hybridized carbons (Fsp3) is 0.300. The molecule has 0 aromatic carbocycles. The Balaban J connectivity index is 2.26. The lowest BCUT2D eigenvalue weighted by atomic mass is 10.4. The van der Waals surface area contributed by atoms with Crippen molar-refractivity contribution < 1.29 is 13.9 Å². The van der Waals surface area contributed by atoms with Crippen molar-refractivity contribution in [2.75, 3.05) is 12.3 Å². The lowest BCUT2D eigenvalue weighted by molar-refractivity contribution is 0.0519. The molecular formula is C10H12N4O3. The minimum absolute atomic E-state index is 0.105. The summed E-state index contributed by atoms with van der Waals surface area (Å²) in [5.41, 5.74) is 6.51. The molecule has 90 valence electrons.